The van der Waals surface area contributed by atoms with E-state index >= 15 is 0 Å². The van der Waals surface area contributed by atoms with Gasteiger partial charge < -0.3 is 10.1 Å². The van der Waals surface area contributed by atoms with Gasteiger partial charge in [0.05, 0.1) is 5.75 Å². The van der Waals surface area contributed by atoms with Crippen LogP contribution >= 0.6 is 27.7 Å². The first-order chi connectivity index (χ1) is 10.4. The van der Waals surface area contributed by atoms with Gasteiger partial charge in [0.25, 0.3) is 5.91 Å². The number of ether oxygens (including phenoxy) is 1. The molecular formula is C16H20BrNO3S. The van der Waals surface area contributed by atoms with E-state index in [4.69, 9.17) is 4.74 Å². The van der Waals surface area contributed by atoms with E-state index in [1.165, 1.54) is 11.8 Å². The van der Waals surface area contributed by atoms with Gasteiger partial charge in [-0.25, -0.2) is 0 Å². The highest BCUT2D eigenvalue weighted by molar-refractivity contribution is 9.10. The minimum Gasteiger partial charge on any atom is -0.452 e. The molecule has 0 aliphatic heterocycles. The summed E-state index contributed by atoms with van der Waals surface area (Å²) in [6.45, 7) is 5.62. The second-order valence-corrected chi connectivity index (χ2v) is 7.44. The number of amides is 1. The molecule has 0 saturated heterocycles. The number of thioether (sulfide) groups is 1. The van der Waals surface area contributed by atoms with Crippen LogP contribution < -0.4 is 5.32 Å². The Morgan fingerprint density at radius 2 is 2.05 bits per heavy atom. The Labute approximate surface area is 143 Å². The average Bonchev–Trinajstić information content (AvgIpc) is 3.25. The van der Waals surface area contributed by atoms with Crippen molar-refractivity contribution in [1.29, 1.82) is 0 Å². The Morgan fingerprint density at radius 1 is 1.36 bits per heavy atom. The van der Waals surface area contributed by atoms with Gasteiger partial charge in [-0.3, -0.25) is 9.59 Å². The van der Waals surface area contributed by atoms with Gasteiger partial charge in [0.15, 0.2) is 6.10 Å². The van der Waals surface area contributed by atoms with E-state index in [1.807, 2.05) is 26.0 Å². The molecule has 4 nitrogen and oxygen atoms in total. The molecule has 1 aromatic carbocycles. The van der Waals surface area contributed by atoms with Gasteiger partial charge in [-0.15, -0.1) is 11.8 Å². The maximum absolute atomic E-state index is 11.9. The fraction of sp³-hybridized carbons (Fsp3) is 0.500. The highest BCUT2D eigenvalue weighted by atomic mass is 79.9. The Kier molecular flexibility index (Phi) is 5.92. The Bertz CT molecular complexity index is 587. The summed E-state index contributed by atoms with van der Waals surface area (Å²) in [5, 5.41) is 2.83. The van der Waals surface area contributed by atoms with Crippen LogP contribution in [0.15, 0.2) is 21.5 Å². The SMILES string of the molecule is Cc1cc(SCC(=O)OC(C)C(=O)NC2CC2)c(C)cc1Br. The minimum atomic E-state index is -0.735. The molecule has 1 aliphatic carbocycles. The number of hydrogen-bond donors (Lipinski definition) is 1. The van der Waals surface area contributed by atoms with Crippen molar-refractivity contribution < 1.29 is 14.3 Å². The maximum Gasteiger partial charge on any atom is 0.317 e. The molecule has 1 aromatic rings. The summed E-state index contributed by atoms with van der Waals surface area (Å²) >= 11 is 4.92. The van der Waals surface area contributed by atoms with E-state index in [0.29, 0.717) is 0 Å². The van der Waals surface area contributed by atoms with Crippen molar-refractivity contribution in [3.05, 3.63) is 27.7 Å². The molecule has 0 bridgehead atoms. The minimum absolute atomic E-state index is 0.197. The number of nitrogens with one attached hydrogen (secondary N) is 1. The molecule has 0 spiro atoms. The zero-order valence-corrected chi connectivity index (χ0v) is 15.3. The number of aryl methyl sites for hydroxylation is 2. The van der Waals surface area contributed by atoms with Gasteiger partial charge in [0.1, 0.15) is 0 Å². The number of esters is 1. The number of hydrogen-bond acceptors (Lipinski definition) is 4. The van der Waals surface area contributed by atoms with E-state index in [2.05, 4.69) is 21.2 Å². The summed E-state index contributed by atoms with van der Waals surface area (Å²) < 4.78 is 6.23. The van der Waals surface area contributed by atoms with Crippen molar-refractivity contribution in [3.8, 4) is 0 Å². The van der Waals surface area contributed by atoms with Crippen LogP contribution in [0.4, 0.5) is 0 Å². The zero-order chi connectivity index (χ0) is 16.3. The maximum atomic E-state index is 11.9. The van der Waals surface area contributed by atoms with Crippen molar-refractivity contribution >= 4 is 39.6 Å². The molecule has 22 heavy (non-hydrogen) atoms. The molecular weight excluding hydrogens is 366 g/mol. The predicted octanol–water partition coefficient (Wildman–Crippen LogP) is 3.37. The van der Waals surface area contributed by atoms with Crippen molar-refractivity contribution in [2.24, 2.45) is 0 Å². The molecule has 0 aromatic heterocycles. The van der Waals surface area contributed by atoms with E-state index in [1.54, 1.807) is 6.92 Å². The lowest BCUT2D eigenvalue weighted by atomic mass is 10.2. The zero-order valence-electron chi connectivity index (χ0n) is 12.9. The second-order valence-electron chi connectivity index (χ2n) is 5.57. The van der Waals surface area contributed by atoms with Crippen LogP contribution in [0.5, 0.6) is 0 Å². The number of halogens is 1. The first kappa shape index (κ1) is 17.3. The number of rotatable bonds is 6. The lowest BCUT2D eigenvalue weighted by Gasteiger charge is -2.13. The monoisotopic (exact) mass is 385 g/mol. The molecule has 1 N–H and O–H groups in total. The first-order valence-corrected chi connectivity index (χ1v) is 9.04. The Balaban J connectivity index is 1.82. The topological polar surface area (TPSA) is 55.4 Å². The van der Waals surface area contributed by atoms with Gasteiger partial charge in [0.2, 0.25) is 0 Å². The summed E-state index contributed by atoms with van der Waals surface area (Å²) in [6, 6.07) is 4.35. The average molecular weight is 386 g/mol. The molecule has 120 valence electrons. The molecule has 0 radical (unpaired) electrons. The summed E-state index contributed by atoms with van der Waals surface area (Å²) in [5.41, 5.74) is 2.23. The van der Waals surface area contributed by atoms with Gasteiger partial charge in [0, 0.05) is 15.4 Å². The van der Waals surface area contributed by atoms with Gasteiger partial charge in [-0.05, 0) is 56.9 Å². The highest BCUT2D eigenvalue weighted by Crippen LogP contribution is 2.28. The quantitative estimate of drug-likeness (QED) is 0.602. The van der Waals surface area contributed by atoms with E-state index in [0.717, 1.165) is 33.3 Å². The van der Waals surface area contributed by atoms with Crippen LogP contribution in [0.1, 0.15) is 30.9 Å². The molecule has 1 aliphatic rings. The van der Waals surface area contributed by atoms with Gasteiger partial charge >= 0.3 is 5.97 Å². The number of carbonyl (C=O) groups is 2. The molecule has 6 heteroatoms. The third-order valence-corrected chi connectivity index (χ3v) is 5.39. The molecule has 1 saturated carbocycles. The summed E-state index contributed by atoms with van der Waals surface area (Å²) in [6.07, 6.45) is 1.30. The van der Waals surface area contributed by atoms with Crippen molar-refractivity contribution in [2.75, 3.05) is 5.75 Å². The fourth-order valence-corrected chi connectivity index (χ4v) is 3.22. The smallest absolute Gasteiger partial charge is 0.317 e. The second kappa shape index (κ2) is 7.51. The van der Waals surface area contributed by atoms with Crippen molar-refractivity contribution in [1.82, 2.24) is 5.32 Å². The molecule has 2 rings (SSSR count). The van der Waals surface area contributed by atoms with Crippen molar-refractivity contribution in [3.63, 3.8) is 0 Å². The summed E-state index contributed by atoms with van der Waals surface area (Å²) in [5.74, 6) is -0.386. The lowest BCUT2D eigenvalue weighted by molar-refractivity contribution is -0.152. The van der Waals surface area contributed by atoms with Crippen LogP contribution in [0.2, 0.25) is 0 Å². The third kappa shape index (κ3) is 5.02. The number of benzene rings is 1. The van der Waals surface area contributed by atoms with Crippen LogP contribution in [0.3, 0.4) is 0 Å². The lowest BCUT2D eigenvalue weighted by Crippen LogP contribution is -2.37. The van der Waals surface area contributed by atoms with Gasteiger partial charge in [-0.2, -0.15) is 0 Å². The van der Waals surface area contributed by atoms with Crippen LogP contribution in [0, 0.1) is 13.8 Å². The number of carbonyl (C=O) groups excluding carboxylic acids is 2. The Morgan fingerprint density at radius 3 is 2.68 bits per heavy atom. The molecule has 1 amide bonds. The fourth-order valence-electron chi connectivity index (χ4n) is 1.88. The standard InChI is InChI=1S/C16H20BrNO3S/c1-9-7-14(10(2)6-13(9)17)22-8-15(19)21-11(3)16(20)18-12-4-5-12/h6-7,11-12H,4-5,8H2,1-3H3,(H,18,20). The predicted molar refractivity (Wildman–Crippen MR) is 91.1 cm³/mol. The van der Waals surface area contributed by atoms with Crippen LogP contribution in [-0.2, 0) is 14.3 Å². The van der Waals surface area contributed by atoms with Crippen molar-refractivity contribution in [2.45, 2.75) is 50.7 Å². The molecule has 1 fully saturated rings. The summed E-state index contributed by atoms with van der Waals surface area (Å²) in [4.78, 5) is 24.7. The largest absolute Gasteiger partial charge is 0.452 e. The van der Waals surface area contributed by atoms with Crippen LogP contribution in [-0.4, -0.2) is 29.8 Å². The first-order valence-electron chi connectivity index (χ1n) is 7.26. The third-order valence-electron chi connectivity index (χ3n) is 3.40. The molecule has 0 heterocycles. The normalized spacial score (nSPS) is 15.3. The van der Waals surface area contributed by atoms with E-state index in [-0.39, 0.29) is 23.7 Å². The highest BCUT2D eigenvalue weighted by Gasteiger charge is 2.27. The summed E-state index contributed by atoms with van der Waals surface area (Å²) in [7, 11) is 0. The van der Waals surface area contributed by atoms with E-state index < -0.39 is 6.10 Å². The molecule has 1 atom stereocenters. The Hall–Kier alpha value is -1.01. The molecule has 1 unspecified atom stereocenters. The van der Waals surface area contributed by atoms with E-state index in [9.17, 15) is 9.59 Å². The van der Waals surface area contributed by atoms with Gasteiger partial charge in [-0.1, -0.05) is 15.9 Å². The van der Waals surface area contributed by atoms with Crippen LogP contribution in [0.25, 0.3) is 0 Å².